The zero-order chi connectivity index (χ0) is 17.4. The van der Waals surface area contributed by atoms with E-state index in [1.54, 1.807) is 7.05 Å². The molecule has 1 unspecified atom stereocenters. The van der Waals surface area contributed by atoms with E-state index in [1.807, 2.05) is 30.3 Å². The SMILES string of the molecule is CN=C(NCc1ccccc1Cl)NCC(c1ccccc1)N(C)C.I. The molecule has 6 heteroatoms. The molecule has 2 N–H and O–H groups in total. The molecule has 0 saturated heterocycles. The topological polar surface area (TPSA) is 39.7 Å². The monoisotopic (exact) mass is 472 g/mol. The lowest BCUT2D eigenvalue weighted by Gasteiger charge is -2.26. The van der Waals surface area contributed by atoms with E-state index >= 15 is 0 Å². The van der Waals surface area contributed by atoms with E-state index < -0.39 is 0 Å². The van der Waals surface area contributed by atoms with Gasteiger partial charge in [-0.3, -0.25) is 4.99 Å². The van der Waals surface area contributed by atoms with E-state index in [4.69, 9.17) is 11.6 Å². The molecule has 0 saturated carbocycles. The molecule has 136 valence electrons. The van der Waals surface area contributed by atoms with Crippen LogP contribution in [0.3, 0.4) is 0 Å². The number of nitrogens with one attached hydrogen (secondary N) is 2. The molecule has 0 aliphatic rings. The van der Waals surface area contributed by atoms with E-state index in [9.17, 15) is 0 Å². The van der Waals surface area contributed by atoms with Gasteiger partial charge in [0.2, 0.25) is 0 Å². The van der Waals surface area contributed by atoms with Crippen molar-refractivity contribution >= 4 is 41.5 Å². The number of rotatable bonds is 6. The quantitative estimate of drug-likeness (QED) is 0.380. The highest BCUT2D eigenvalue weighted by molar-refractivity contribution is 14.0. The number of halogens is 2. The number of guanidine groups is 1. The second-order valence-corrected chi connectivity index (χ2v) is 6.20. The van der Waals surface area contributed by atoms with Crippen LogP contribution in [0.15, 0.2) is 59.6 Å². The molecule has 0 heterocycles. The molecule has 0 aliphatic heterocycles. The second kappa shape index (κ2) is 11.3. The van der Waals surface area contributed by atoms with Crippen LogP contribution < -0.4 is 10.6 Å². The van der Waals surface area contributed by atoms with Gasteiger partial charge in [-0.15, -0.1) is 24.0 Å². The van der Waals surface area contributed by atoms with Crippen LogP contribution in [-0.2, 0) is 6.54 Å². The smallest absolute Gasteiger partial charge is 0.191 e. The highest BCUT2D eigenvalue weighted by Gasteiger charge is 2.14. The fourth-order valence-corrected chi connectivity index (χ4v) is 2.71. The highest BCUT2D eigenvalue weighted by atomic mass is 127. The lowest BCUT2D eigenvalue weighted by molar-refractivity contribution is 0.298. The molecule has 25 heavy (non-hydrogen) atoms. The van der Waals surface area contributed by atoms with Crippen LogP contribution in [0, 0.1) is 0 Å². The number of benzene rings is 2. The van der Waals surface area contributed by atoms with Crippen molar-refractivity contribution in [3.8, 4) is 0 Å². The predicted octanol–water partition coefficient (Wildman–Crippen LogP) is 3.93. The Morgan fingerprint density at radius 3 is 2.28 bits per heavy atom. The Bertz CT molecular complexity index is 661. The average molecular weight is 473 g/mol. The van der Waals surface area contributed by atoms with Crippen LogP contribution in [0.25, 0.3) is 0 Å². The van der Waals surface area contributed by atoms with Gasteiger partial charge in [0.1, 0.15) is 0 Å². The lowest BCUT2D eigenvalue weighted by atomic mass is 10.1. The minimum Gasteiger partial charge on any atom is -0.354 e. The first-order valence-corrected chi connectivity index (χ1v) is 8.39. The van der Waals surface area contributed by atoms with Crippen LogP contribution in [0.1, 0.15) is 17.2 Å². The molecule has 0 aromatic heterocycles. The summed E-state index contributed by atoms with van der Waals surface area (Å²) in [6.45, 7) is 1.40. The molecular weight excluding hydrogens is 447 g/mol. The molecule has 0 amide bonds. The Morgan fingerprint density at radius 2 is 1.68 bits per heavy atom. The Balaban J connectivity index is 0.00000312. The van der Waals surface area contributed by atoms with Gasteiger partial charge in [-0.1, -0.05) is 60.1 Å². The maximum atomic E-state index is 6.19. The fourth-order valence-electron chi connectivity index (χ4n) is 2.51. The Labute approximate surface area is 172 Å². The van der Waals surface area contributed by atoms with E-state index in [2.05, 4.69) is 58.9 Å². The number of likely N-dealkylation sites (N-methyl/N-ethyl adjacent to an activating group) is 1. The summed E-state index contributed by atoms with van der Waals surface area (Å²) in [7, 11) is 5.94. The summed E-state index contributed by atoms with van der Waals surface area (Å²) in [5.41, 5.74) is 2.32. The van der Waals surface area contributed by atoms with Crippen molar-refractivity contribution in [3.63, 3.8) is 0 Å². The Kier molecular flexibility index (Phi) is 9.85. The molecule has 0 aliphatic carbocycles. The van der Waals surface area contributed by atoms with E-state index in [0.717, 1.165) is 23.1 Å². The van der Waals surface area contributed by atoms with Crippen molar-refractivity contribution in [2.24, 2.45) is 4.99 Å². The Morgan fingerprint density at radius 1 is 1.04 bits per heavy atom. The van der Waals surface area contributed by atoms with Gasteiger partial charge in [0.25, 0.3) is 0 Å². The normalized spacial score (nSPS) is 12.4. The summed E-state index contributed by atoms with van der Waals surface area (Å²) in [5, 5.41) is 7.46. The first-order chi connectivity index (χ1) is 11.6. The molecule has 1 atom stereocenters. The zero-order valence-electron chi connectivity index (χ0n) is 14.9. The summed E-state index contributed by atoms with van der Waals surface area (Å²) in [5.74, 6) is 0.762. The predicted molar refractivity (Wildman–Crippen MR) is 118 cm³/mol. The number of aliphatic imine (C=N–C) groups is 1. The van der Waals surface area contributed by atoms with Crippen molar-refractivity contribution in [1.82, 2.24) is 15.5 Å². The Hall–Kier alpha value is -1.31. The van der Waals surface area contributed by atoms with Crippen LogP contribution in [-0.4, -0.2) is 38.5 Å². The van der Waals surface area contributed by atoms with Gasteiger partial charge in [0, 0.05) is 25.2 Å². The largest absolute Gasteiger partial charge is 0.354 e. The first kappa shape index (κ1) is 21.7. The van der Waals surface area contributed by atoms with Gasteiger partial charge in [0.05, 0.1) is 6.04 Å². The molecule has 2 aromatic rings. The summed E-state index contributed by atoms with van der Waals surface area (Å²) in [6, 6.07) is 18.5. The van der Waals surface area contributed by atoms with Crippen molar-refractivity contribution in [1.29, 1.82) is 0 Å². The number of hydrogen-bond donors (Lipinski definition) is 2. The van der Waals surface area contributed by atoms with E-state index in [-0.39, 0.29) is 30.0 Å². The molecule has 0 spiro atoms. The van der Waals surface area contributed by atoms with E-state index in [0.29, 0.717) is 6.54 Å². The number of nitrogens with zero attached hydrogens (tertiary/aromatic N) is 2. The maximum absolute atomic E-state index is 6.19. The van der Waals surface area contributed by atoms with Crippen molar-refractivity contribution in [2.45, 2.75) is 12.6 Å². The standard InChI is InChI=1S/C19H25ClN4.HI/c1-21-19(22-13-16-11-7-8-12-17(16)20)23-14-18(24(2)3)15-9-5-4-6-10-15;/h4-12,18H,13-14H2,1-3H3,(H2,21,22,23);1H. The third kappa shape index (κ3) is 6.84. The summed E-state index contributed by atoms with van der Waals surface area (Å²) in [6.07, 6.45) is 0. The van der Waals surface area contributed by atoms with Crippen LogP contribution in [0.5, 0.6) is 0 Å². The van der Waals surface area contributed by atoms with Crippen LogP contribution in [0.2, 0.25) is 5.02 Å². The van der Waals surface area contributed by atoms with E-state index in [1.165, 1.54) is 5.56 Å². The van der Waals surface area contributed by atoms with Gasteiger partial charge in [0.15, 0.2) is 5.96 Å². The highest BCUT2D eigenvalue weighted by Crippen LogP contribution is 2.17. The second-order valence-electron chi connectivity index (χ2n) is 5.79. The molecule has 2 aromatic carbocycles. The molecule has 4 nitrogen and oxygen atoms in total. The fraction of sp³-hybridized carbons (Fsp3) is 0.316. The average Bonchev–Trinajstić information content (AvgIpc) is 2.59. The summed E-state index contributed by atoms with van der Waals surface area (Å²) < 4.78 is 0. The molecule has 0 bridgehead atoms. The van der Waals surface area contributed by atoms with Crippen LogP contribution >= 0.6 is 35.6 Å². The van der Waals surface area contributed by atoms with Crippen molar-refractivity contribution in [3.05, 3.63) is 70.7 Å². The summed E-state index contributed by atoms with van der Waals surface area (Å²) >= 11 is 6.19. The van der Waals surface area contributed by atoms with Gasteiger partial charge >= 0.3 is 0 Å². The summed E-state index contributed by atoms with van der Waals surface area (Å²) in [4.78, 5) is 6.49. The van der Waals surface area contributed by atoms with Crippen molar-refractivity contribution < 1.29 is 0 Å². The first-order valence-electron chi connectivity index (χ1n) is 8.01. The number of hydrogen-bond acceptors (Lipinski definition) is 2. The lowest BCUT2D eigenvalue weighted by Crippen LogP contribution is -2.41. The zero-order valence-corrected chi connectivity index (χ0v) is 18.0. The van der Waals surface area contributed by atoms with Crippen LogP contribution in [0.4, 0.5) is 0 Å². The minimum atomic E-state index is 0. The molecule has 0 fully saturated rings. The van der Waals surface area contributed by atoms with Gasteiger partial charge < -0.3 is 15.5 Å². The molecule has 2 rings (SSSR count). The maximum Gasteiger partial charge on any atom is 0.191 e. The third-order valence-electron chi connectivity index (χ3n) is 3.90. The van der Waals surface area contributed by atoms with Gasteiger partial charge in [-0.2, -0.15) is 0 Å². The minimum absolute atomic E-state index is 0. The third-order valence-corrected chi connectivity index (χ3v) is 4.27. The molecule has 0 radical (unpaired) electrons. The van der Waals surface area contributed by atoms with Gasteiger partial charge in [-0.25, -0.2) is 0 Å². The molecular formula is C19H26ClIN4. The van der Waals surface area contributed by atoms with Crippen molar-refractivity contribution in [2.75, 3.05) is 27.7 Å². The van der Waals surface area contributed by atoms with Gasteiger partial charge in [-0.05, 0) is 31.3 Å².